The second-order valence-electron chi connectivity index (χ2n) is 9.84. The fourth-order valence-electron chi connectivity index (χ4n) is 6.68. The number of esters is 1. The van der Waals surface area contributed by atoms with Gasteiger partial charge in [-0.05, 0) is 86.3 Å². The average Bonchev–Trinajstić information content (AvgIpc) is 2.76. The molecule has 156 valence electrons. The van der Waals surface area contributed by atoms with Gasteiger partial charge in [0.2, 0.25) is 0 Å². The zero-order valence-electron chi connectivity index (χ0n) is 17.5. The minimum atomic E-state index is -0.364. The van der Waals surface area contributed by atoms with Crippen LogP contribution in [0.25, 0.3) is 0 Å². The zero-order chi connectivity index (χ0) is 20.6. The molecule has 0 aliphatic heterocycles. The fourth-order valence-corrected chi connectivity index (χ4v) is 6.68. The molecule has 0 heterocycles. The van der Waals surface area contributed by atoms with Crippen LogP contribution >= 0.6 is 0 Å². The number of ether oxygens (including phenoxy) is 1. The van der Waals surface area contributed by atoms with Gasteiger partial charge in [0.25, 0.3) is 0 Å². The molecule has 30 heavy (non-hydrogen) atoms. The fraction of sp³-hybridized carbons (Fsp3) is 0.481. The molecule has 0 N–H and O–H groups in total. The lowest BCUT2D eigenvalue weighted by Crippen LogP contribution is -2.51. The van der Waals surface area contributed by atoms with Gasteiger partial charge < -0.3 is 4.74 Å². The van der Waals surface area contributed by atoms with Gasteiger partial charge in [-0.2, -0.15) is 0 Å². The van der Waals surface area contributed by atoms with Gasteiger partial charge in [-0.3, -0.25) is 4.79 Å². The summed E-state index contributed by atoms with van der Waals surface area (Å²) < 4.78 is 5.58. The van der Waals surface area contributed by atoms with E-state index in [0.29, 0.717) is 5.56 Å². The third kappa shape index (κ3) is 3.82. The molecule has 3 nitrogen and oxygen atoms in total. The summed E-state index contributed by atoms with van der Waals surface area (Å²) in [7, 11) is 0. The SMILES string of the molecule is O=C(OCC(=O)C12CC3CC(CC(C3)C1)C2)c1ccccc1CCc1ccccc1. The zero-order valence-corrected chi connectivity index (χ0v) is 17.5. The first-order valence-electron chi connectivity index (χ1n) is 11.4. The minimum absolute atomic E-state index is 0.0714. The molecule has 0 spiro atoms. The predicted molar refractivity (Wildman–Crippen MR) is 116 cm³/mol. The first-order chi connectivity index (χ1) is 14.6. The molecule has 4 aliphatic carbocycles. The van der Waals surface area contributed by atoms with Crippen molar-refractivity contribution in [3.8, 4) is 0 Å². The van der Waals surface area contributed by atoms with Crippen molar-refractivity contribution < 1.29 is 14.3 Å². The van der Waals surface area contributed by atoms with Crippen LogP contribution in [-0.4, -0.2) is 18.4 Å². The van der Waals surface area contributed by atoms with Crippen LogP contribution < -0.4 is 0 Å². The summed E-state index contributed by atoms with van der Waals surface area (Å²) in [5.41, 5.74) is 2.61. The number of hydrogen-bond acceptors (Lipinski definition) is 3. The van der Waals surface area contributed by atoms with Crippen molar-refractivity contribution in [2.24, 2.45) is 23.2 Å². The molecule has 4 fully saturated rings. The van der Waals surface area contributed by atoms with E-state index in [2.05, 4.69) is 12.1 Å². The van der Waals surface area contributed by atoms with Gasteiger partial charge in [0.15, 0.2) is 12.4 Å². The second-order valence-corrected chi connectivity index (χ2v) is 9.84. The molecule has 0 saturated heterocycles. The Morgan fingerprint density at radius 2 is 1.40 bits per heavy atom. The maximum absolute atomic E-state index is 13.2. The van der Waals surface area contributed by atoms with Crippen LogP contribution in [0.3, 0.4) is 0 Å². The minimum Gasteiger partial charge on any atom is -0.454 e. The monoisotopic (exact) mass is 402 g/mol. The Labute approximate surface area is 178 Å². The Kier molecular flexibility index (Phi) is 5.22. The first kappa shape index (κ1) is 19.5. The van der Waals surface area contributed by atoms with Crippen molar-refractivity contribution in [2.75, 3.05) is 6.61 Å². The van der Waals surface area contributed by atoms with Crippen molar-refractivity contribution >= 4 is 11.8 Å². The van der Waals surface area contributed by atoms with Crippen LogP contribution in [0.15, 0.2) is 54.6 Å². The Morgan fingerprint density at radius 1 is 0.800 bits per heavy atom. The maximum atomic E-state index is 13.2. The van der Waals surface area contributed by atoms with Crippen molar-refractivity contribution in [1.82, 2.24) is 0 Å². The Balaban J connectivity index is 1.22. The highest BCUT2D eigenvalue weighted by atomic mass is 16.5. The number of benzene rings is 2. The molecular formula is C27H30O3. The molecule has 0 atom stereocenters. The van der Waals surface area contributed by atoms with Gasteiger partial charge in [-0.1, -0.05) is 48.5 Å². The van der Waals surface area contributed by atoms with E-state index in [-0.39, 0.29) is 23.8 Å². The van der Waals surface area contributed by atoms with E-state index in [1.807, 2.05) is 42.5 Å². The summed E-state index contributed by atoms with van der Waals surface area (Å²) in [4.78, 5) is 26.0. The highest BCUT2D eigenvalue weighted by Crippen LogP contribution is 2.60. The lowest BCUT2D eigenvalue weighted by atomic mass is 9.48. The van der Waals surface area contributed by atoms with Gasteiger partial charge in [-0.25, -0.2) is 4.79 Å². The quantitative estimate of drug-likeness (QED) is 0.581. The van der Waals surface area contributed by atoms with E-state index in [4.69, 9.17) is 4.74 Å². The summed E-state index contributed by atoms with van der Waals surface area (Å²) >= 11 is 0. The topological polar surface area (TPSA) is 43.4 Å². The Bertz CT molecular complexity index is 895. The van der Waals surface area contributed by atoms with Crippen LogP contribution in [0.5, 0.6) is 0 Å². The third-order valence-corrected chi connectivity index (χ3v) is 7.73. The predicted octanol–water partition coefficient (Wildman–Crippen LogP) is 5.41. The Hall–Kier alpha value is -2.42. The van der Waals surface area contributed by atoms with E-state index in [1.165, 1.54) is 24.8 Å². The number of hydrogen-bond donors (Lipinski definition) is 0. The molecule has 0 amide bonds. The lowest BCUT2D eigenvalue weighted by Gasteiger charge is -2.55. The van der Waals surface area contributed by atoms with E-state index < -0.39 is 0 Å². The van der Waals surface area contributed by atoms with Gasteiger partial charge in [0.05, 0.1) is 5.56 Å². The summed E-state index contributed by atoms with van der Waals surface area (Å²) in [6.07, 6.45) is 8.62. The molecule has 6 rings (SSSR count). The van der Waals surface area contributed by atoms with Crippen molar-refractivity contribution in [2.45, 2.75) is 51.4 Å². The molecule has 4 aliphatic rings. The smallest absolute Gasteiger partial charge is 0.338 e. The first-order valence-corrected chi connectivity index (χ1v) is 11.4. The number of aryl methyl sites for hydroxylation is 2. The highest BCUT2D eigenvalue weighted by Gasteiger charge is 2.54. The van der Waals surface area contributed by atoms with Crippen LogP contribution in [0, 0.1) is 23.2 Å². The maximum Gasteiger partial charge on any atom is 0.338 e. The van der Waals surface area contributed by atoms with Gasteiger partial charge in [0.1, 0.15) is 0 Å². The number of carbonyl (C=O) groups is 2. The van der Waals surface area contributed by atoms with E-state index in [0.717, 1.165) is 55.4 Å². The summed E-state index contributed by atoms with van der Waals surface area (Å²) in [5, 5.41) is 0. The van der Waals surface area contributed by atoms with Crippen LogP contribution in [0.1, 0.15) is 60.0 Å². The van der Waals surface area contributed by atoms with Gasteiger partial charge in [0, 0.05) is 5.41 Å². The molecule has 4 saturated carbocycles. The van der Waals surface area contributed by atoms with E-state index >= 15 is 0 Å². The van der Waals surface area contributed by atoms with Crippen molar-refractivity contribution in [3.05, 3.63) is 71.3 Å². The summed E-state index contributed by atoms with van der Waals surface area (Å²) in [5.74, 6) is 1.95. The number of Topliss-reactive ketones (excluding diaryl/α,β-unsaturated/α-hetero) is 1. The Morgan fingerprint density at radius 3 is 2.07 bits per heavy atom. The average molecular weight is 403 g/mol. The highest BCUT2D eigenvalue weighted by molar-refractivity contribution is 5.94. The molecular weight excluding hydrogens is 372 g/mol. The lowest BCUT2D eigenvalue weighted by molar-refractivity contribution is -0.147. The molecule has 0 radical (unpaired) electrons. The number of rotatable bonds is 7. The molecule has 0 unspecified atom stereocenters. The molecule has 4 bridgehead atoms. The van der Waals surface area contributed by atoms with Crippen LogP contribution in [0.4, 0.5) is 0 Å². The molecule has 3 heteroatoms. The molecule has 0 aromatic heterocycles. The van der Waals surface area contributed by atoms with Crippen molar-refractivity contribution in [1.29, 1.82) is 0 Å². The molecule has 2 aromatic carbocycles. The standard InChI is InChI=1S/C27H30O3/c28-25(27-15-20-12-21(16-27)14-22(13-20)17-27)18-30-26(29)24-9-5-4-8-23(24)11-10-19-6-2-1-3-7-19/h1-9,20-22H,10-18H2. The number of ketones is 1. The molecule has 2 aromatic rings. The number of carbonyl (C=O) groups excluding carboxylic acids is 2. The van der Waals surface area contributed by atoms with Crippen molar-refractivity contribution in [3.63, 3.8) is 0 Å². The third-order valence-electron chi connectivity index (χ3n) is 7.73. The van der Waals surface area contributed by atoms with E-state index in [9.17, 15) is 9.59 Å². The van der Waals surface area contributed by atoms with E-state index in [1.54, 1.807) is 0 Å². The van der Waals surface area contributed by atoms with Crippen LogP contribution in [0.2, 0.25) is 0 Å². The van der Waals surface area contributed by atoms with Gasteiger partial charge >= 0.3 is 5.97 Å². The van der Waals surface area contributed by atoms with Gasteiger partial charge in [-0.15, -0.1) is 0 Å². The van der Waals surface area contributed by atoms with Crippen LogP contribution in [-0.2, 0) is 22.4 Å². The summed E-state index contributed by atoms with van der Waals surface area (Å²) in [6, 6.07) is 17.9. The largest absolute Gasteiger partial charge is 0.454 e. The summed E-state index contributed by atoms with van der Waals surface area (Å²) in [6.45, 7) is -0.0714. The second kappa shape index (κ2) is 8.02. The normalized spacial score (nSPS) is 29.0.